The zero-order valence-corrected chi connectivity index (χ0v) is 7.57. The summed E-state index contributed by atoms with van der Waals surface area (Å²) < 4.78 is 5.32. The molecule has 2 heterocycles. The quantitative estimate of drug-likeness (QED) is 0.605. The van der Waals surface area contributed by atoms with E-state index in [0.29, 0.717) is 12.5 Å². The third-order valence-electron chi connectivity index (χ3n) is 1.86. The van der Waals surface area contributed by atoms with Gasteiger partial charge in [-0.1, -0.05) is 5.16 Å². The minimum atomic E-state index is 0.444. The van der Waals surface area contributed by atoms with Gasteiger partial charge in [0.1, 0.15) is 19.4 Å². The molecule has 0 saturated carbocycles. The van der Waals surface area contributed by atoms with Crippen LogP contribution >= 0.6 is 0 Å². The molecule has 0 radical (unpaired) electrons. The maximum absolute atomic E-state index is 5.32. The smallest absolute Gasteiger partial charge is 0.223 e. The second-order valence-electron chi connectivity index (χ2n) is 2.81. The number of hydrogen-bond acceptors (Lipinski definition) is 4. The Labute approximate surface area is 76.2 Å². The van der Waals surface area contributed by atoms with E-state index >= 15 is 0 Å². The molecule has 1 aliphatic heterocycles. The van der Waals surface area contributed by atoms with E-state index in [9.17, 15) is 0 Å². The third-order valence-corrected chi connectivity index (χ3v) is 1.86. The highest BCUT2D eigenvalue weighted by atomic mass is 16.6. The first-order valence-corrected chi connectivity index (χ1v) is 4.02. The zero-order valence-electron chi connectivity index (χ0n) is 7.57. The molecule has 13 heavy (non-hydrogen) atoms. The Morgan fingerprint density at radius 3 is 3.15 bits per heavy atom. The van der Waals surface area contributed by atoms with Gasteiger partial charge >= 0.3 is 0 Å². The van der Waals surface area contributed by atoms with Crippen LogP contribution in [0.1, 0.15) is 11.3 Å². The third kappa shape index (κ3) is 1.35. The molecule has 68 valence electrons. The van der Waals surface area contributed by atoms with Gasteiger partial charge in [-0.15, -0.1) is 0 Å². The standard InChI is InChI=1S/C9H10N2O2/c1-6-3-4-7-8(11-12-2)5-13-9(7)10-6/h3-4H,5H2,1-2H3. The molecule has 0 aliphatic carbocycles. The number of fused-ring (bicyclic) bond motifs is 1. The summed E-state index contributed by atoms with van der Waals surface area (Å²) in [6, 6.07) is 3.88. The van der Waals surface area contributed by atoms with E-state index in [1.807, 2.05) is 19.1 Å². The van der Waals surface area contributed by atoms with Crippen LogP contribution < -0.4 is 4.74 Å². The molecular weight excluding hydrogens is 168 g/mol. The number of nitrogens with zero attached hydrogens (tertiary/aromatic N) is 2. The largest absolute Gasteiger partial charge is 0.471 e. The van der Waals surface area contributed by atoms with Gasteiger partial charge in [-0.25, -0.2) is 4.98 Å². The monoisotopic (exact) mass is 178 g/mol. The second-order valence-corrected chi connectivity index (χ2v) is 2.81. The zero-order chi connectivity index (χ0) is 9.26. The average molecular weight is 178 g/mol. The average Bonchev–Trinajstić information content (AvgIpc) is 2.49. The molecule has 0 saturated heterocycles. The van der Waals surface area contributed by atoms with Gasteiger partial charge in [0.25, 0.3) is 0 Å². The fraction of sp³-hybridized carbons (Fsp3) is 0.333. The van der Waals surface area contributed by atoms with Crippen LogP contribution in [0.25, 0.3) is 0 Å². The Kier molecular flexibility index (Phi) is 1.88. The molecule has 1 aromatic rings. The second kappa shape index (κ2) is 3.05. The molecule has 0 spiro atoms. The highest BCUT2D eigenvalue weighted by molar-refractivity contribution is 6.05. The van der Waals surface area contributed by atoms with E-state index < -0.39 is 0 Å². The lowest BCUT2D eigenvalue weighted by Gasteiger charge is -1.96. The van der Waals surface area contributed by atoms with Crippen molar-refractivity contribution in [3.05, 3.63) is 23.4 Å². The maximum Gasteiger partial charge on any atom is 0.223 e. The van der Waals surface area contributed by atoms with Gasteiger partial charge in [0.2, 0.25) is 5.88 Å². The maximum atomic E-state index is 5.32. The molecule has 4 nitrogen and oxygen atoms in total. The molecule has 2 rings (SSSR count). The highest BCUT2D eigenvalue weighted by Crippen LogP contribution is 2.22. The van der Waals surface area contributed by atoms with Crippen molar-refractivity contribution >= 4 is 5.71 Å². The summed E-state index contributed by atoms with van der Waals surface area (Å²) >= 11 is 0. The summed E-state index contributed by atoms with van der Waals surface area (Å²) in [5, 5.41) is 3.85. The minimum Gasteiger partial charge on any atom is -0.471 e. The van der Waals surface area contributed by atoms with Crippen LogP contribution in [0.5, 0.6) is 5.88 Å². The molecular formula is C9H10N2O2. The van der Waals surface area contributed by atoms with Crippen molar-refractivity contribution in [3.8, 4) is 5.88 Å². The van der Waals surface area contributed by atoms with Gasteiger partial charge in [0.05, 0.1) is 5.56 Å². The Morgan fingerprint density at radius 2 is 2.38 bits per heavy atom. The van der Waals surface area contributed by atoms with E-state index in [0.717, 1.165) is 17.0 Å². The lowest BCUT2D eigenvalue weighted by Crippen LogP contribution is -2.02. The lowest BCUT2D eigenvalue weighted by molar-refractivity contribution is 0.211. The summed E-state index contributed by atoms with van der Waals surface area (Å²) in [6.45, 7) is 2.37. The van der Waals surface area contributed by atoms with Crippen LogP contribution in [-0.2, 0) is 4.84 Å². The van der Waals surface area contributed by atoms with Gasteiger partial charge < -0.3 is 9.57 Å². The molecule has 0 aromatic carbocycles. The summed E-state index contributed by atoms with van der Waals surface area (Å²) in [7, 11) is 1.52. The predicted molar refractivity (Wildman–Crippen MR) is 48.0 cm³/mol. The van der Waals surface area contributed by atoms with E-state index in [1.165, 1.54) is 7.11 Å². The molecule has 0 bridgehead atoms. The summed E-state index contributed by atoms with van der Waals surface area (Å²) in [4.78, 5) is 8.92. The van der Waals surface area contributed by atoms with Crippen molar-refractivity contribution in [3.63, 3.8) is 0 Å². The highest BCUT2D eigenvalue weighted by Gasteiger charge is 2.20. The van der Waals surface area contributed by atoms with E-state index in [-0.39, 0.29) is 0 Å². The van der Waals surface area contributed by atoms with Gasteiger partial charge in [-0.3, -0.25) is 0 Å². The molecule has 4 heteroatoms. The van der Waals surface area contributed by atoms with Crippen molar-refractivity contribution in [2.45, 2.75) is 6.92 Å². The summed E-state index contributed by atoms with van der Waals surface area (Å²) in [6.07, 6.45) is 0. The van der Waals surface area contributed by atoms with E-state index in [2.05, 4.69) is 10.1 Å². The number of hydrogen-bond donors (Lipinski definition) is 0. The number of ether oxygens (including phenoxy) is 1. The molecule has 1 aliphatic rings. The van der Waals surface area contributed by atoms with Crippen LogP contribution in [0.15, 0.2) is 17.3 Å². The molecule has 1 aromatic heterocycles. The Morgan fingerprint density at radius 1 is 1.54 bits per heavy atom. The SMILES string of the molecule is CON=C1COc2nc(C)ccc21. The minimum absolute atomic E-state index is 0.444. The van der Waals surface area contributed by atoms with Gasteiger partial charge in [0, 0.05) is 5.69 Å². The number of aryl methyl sites for hydroxylation is 1. The number of aromatic nitrogens is 1. The first-order chi connectivity index (χ1) is 6.31. The van der Waals surface area contributed by atoms with Crippen LogP contribution in [0.2, 0.25) is 0 Å². The first kappa shape index (κ1) is 8.04. The van der Waals surface area contributed by atoms with E-state index in [1.54, 1.807) is 0 Å². The lowest BCUT2D eigenvalue weighted by atomic mass is 10.2. The first-order valence-electron chi connectivity index (χ1n) is 4.02. The molecule has 0 amide bonds. The molecule has 0 N–H and O–H groups in total. The number of oxime groups is 1. The van der Waals surface area contributed by atoms with Crippen LogP contribution in [0, 0.1) is 6.92 Å². The van der Waals surface area contributed by atoms with E-state index in [4.69, 9.17) is 9.57 Å². The van der Waals surface area contributed by atoms with Crippen molar-refractivity contribution in [2.75, 3.05) is 13.7 Å². The Bertz CT molecular complexity index is 361. The fourth-order valence-corrected chi connectivity index (χ4v) is 1.26. The molecule has 0 fully saturated rings. The van der Waals surface area contributed by atoms with Crippen molar-refractivity contribution < 1.29 is 9.57 Å². The van der Waals surface area contributed by atoms with Crippen LogP contribution in [-0.4, -0.2) is 24.4 Å². The van der Waals surface area contributed by atoms with Crippen molar-refractivity contribution in [1.82, 2.24) is 4.98 Å². The molecule has 0 atom stereocenters. The Hall–Kier alpha value is -1.58. The Balaban J connectivity index is 2.44. The topological polar surface area (TPSA) is 43.7 Å². The van der Waals surface area contributed by atoms with Gasteiger partial charge in [-0.05, 0) is 19.1 Å². The van der Waals surface area contributed by atoms with Crippen LogP contribution in [0.3, 0.4) is 0 Å². The summed E-state index contributed by atoms with van der Waals surface area (Å²) in [5.41, 5.74) is 2.66. The normalized spacial score (nSPS) is 16.9. The molecule has 0 unspecified atom stereocenters. The number of rotatable bonds is 1. The van der Waals surface area contributed by atoms with Crippen LogP contribution in [0.4, 0.5) is 0 Å². The fourth-order valence-electron chi connectivity index (χ4n) is 1.26. The van der Waals surface area contributed by atoms with Gasteiger partial charge in [-0.2, -0.15) is 0 Å². The summed E-state index contributed by atoms with van der Waals surface area (Å²) in [5.74, 6) is 0.649. The predicted octanol–water partition coefficient (Wildman–Crippen LogP) is 1.13. The van der Waals surface area contributed by atoms with Crippen molar-refractivity contribution in [2.24, 2.45) is 5.16 Å². The number of pyridine rings is 1. The van der Waals surface area contributed by atoms with Gasteiger partial charge in [0.15, 0.2) is 0 Å². The van der Waals surface area contributed by atoms with Crippen molar-refractivity contribution in [1.29, 1.82) is 0 Å².